The van der Waals surface area contributed by atoms with Gasteiger partial charge in [0.15, 0.2) is 0 Å². The lowest BCUT2D eigenvalue weighted by Crippen LogP contribution is -2.03. The molecule has 0 aliphatic rings. The molecule has 1 rings (SSSR count). The highest BCUT2D eigenvalue weighted by molar-refractivity contribution is 6.09. The molecule has 0 atom stereocenters. The third-order valence-corrected chi connectivity index (χ3v) is 2.65. The van der Waals surface area contributed by atoms with Crippen molar-refractivity contribution < 1.29 is 4.74 Å². The summed E-state index contributed by atoms with van der Waals surface area (Å²) >= 11 is 0. The topological polar surface area (TPSA) is 56.9 Å². The van der Waals surface area contributed by atoms with E-state index >= 15 is 0 Å². The monoisotopic (exact) mass is 244 g/mol. The number of nitrogens with one attached hydrogen (secondary N) is 2. The van der Waals surface area contributed by atoms with E-state index in [4.69, 9.17) is 15.6 Å². The van der Waals surface area contributed by atoms with Gasteiger partial charge in [-0.25, -0.2) is 0 Å². The SMILES string of the molecule is CC=C(C=N)c1ccc(OCCC)c(C(C)=N)c1. The Morgan fingerprint density at radius 2 is 2.11 bits per heavy atom. The lowest BCUT2D eigenvalue weighted by Gasteiger charge is -2.12. The summed E-state index contributed by atoms with van der Waals surface area (Å²) in [6, 6.07) is 5.72. The summed E-state index contributed by atoms with van der Waals surface area (Å²) in [5.41, 5.74) is 3.06. The van der Waals surface area contributed by atoms with Gasteiger partial charge in [0, 0.05) is 17.5 Å². The minimum absolute atomic E-state index is 0.475. The van der Waals surface area contributed by atoms with E-state index in [2.05, 4.69) is 6.92 Å². The van der Waals surface area contributed by atoms with Gasteiger partial charge in [0.25, 0.3) is 0 Å². The maximum absolute atomic E-state index is 7.81. The molecular formula is C15H20N2O. The van der Waals surface area contributed by atoms with Crippen molar-refractivity contribution in [2.24, 2.45) is 0 Å². The predicted molar refractivity (Wildman–Crippen MR) is 77.2 cm³/mol. The molecule has 3 heteroatoms. The fourth-order valence-corrected chi connectivity index (χ4v) is 1.67. The Kier molecular flexibility index (Phi) is 5.31. The van der Waals surface area contributed by atoms with Gasteiger partial charge in [-0.05, 0) is 43.5 Å². The Morgan fingerprint density at radius 1 is 1.39 bits per heavy atom. The van der Waals surface area contributed by atoms with Crippen molar-refractivity contribution in [2.45, 2.75) is 27.2 Å². The lowest BCUT2D eigenvalue weighted by molar-refractivity contribution is 0.317. The van der Waals surface area contributed by atoms with Crippen LogP contribution < -0.4 is 4.74 Å². The molecule has 0 aliphatic heterocycles. The van der Waals surface area contributed by atoms with Gasteiger partial charge in [0.2, 0.25) is 0 Å². The molecule has 0 radical (unpaired) electrons. The van der Waals surface area contributed by atoms with Crippen LogP contribution in [-0.2, 0) is 0 Å². The van der Waals surface area contributed by atoms with E-state index in [-0.39, 0.29) is 0 Å². The van der Waals surface area contributed by atoms with E-state index in [1.807, 2.05) is 31.2 Å². The van der Waals surface area contributed by atoms with E-state index in [0.717, 1.165) is 28.9 Å². The maximum atomic E-state index is 7.81. The third-order valence-electron chi connectivity index (χ3n) is 2.65. The van der Waals surface area contributed by atoms with Gasteiger partial charge < -0.3 is 15.6 Å². The summed E-state index contributed by atoms with van der Waals surface area (Å²) in [5, 5.41) is 15.2. The van der Waals surface area contributed by atoms with Gasteiger partial charge in [-0.15, -0.1) is 0 Å². The largest absolute Gasteiger partial charge is 0.493 e. The minimum atomic E-state index is 0.475. The van der Waals surface area contributed by atoms with Crippen molar-refractivity contribution in [2.75, 3.05) is 6.61 Å². The van der Waals surface area contributed by atoms with Crippen LogP contribution in [0, 0.1) is 10.8 Å². The number of rotatable bonds is 6. The standard InChI is InChI=1S/C15H20N2O/c1-4-8-18-15-7-6-13(12(5-2)10-16)9-14(15)11(3)17/h5-7,9-10,16-17H,4,8H2,1-3H3. The predicted octanol–water partition coefficient (Wildman–Crippen LogP) is 3.92. The van der Waals surface area contributed by atoms with E-state index in [0.29, 0.717) is 12.3 Å². The first kappa shape index (κ1) is 14.2. The second-order valence-corrected chi connectivity index (χ2v) is 4.07. The normalized spacial score (nSPS) is 11.2. The molecule has 0 amide bonds. The van der Waals surface area contributed by atoms with Gasteiger partial charge in [-0.2, -0.15) is 0 Å². The molecule has 1 aromatic carbocycles. The van der Waals surface area contributed by atoms with Crippen molar-refractivity contribution >= 4 is 17.5 Å². The van der Waals surface area contributed by atoms with Crippen LogP contribution in [0.15, 0.2) is 24.3 Å². The Balaban J connectivity index is 3.18. The molecule has 0 fully saturated rings. The molecule has 0 aromatic heterocycles. The second kappa shape index (κ2) is 6.74. The lowest BCUT2D eigenvalue weighted by atomic mass is 10.0. The Hall–Kier alpha value is -1.90. The van der Waals surface area contributed by atoms with Crippen LogP contribution >= 0.6 is 0 Å². The summed E-state index contributed by atoms with van der Waals surface area (Å²) in [6.07, 6.45) is 4.15. The van der Waals surface area contributed by atoms with Gasteiger partial charge in [0.05, 0.1) is 6.61 Å². The molecule has 0 saturated carbocycles. The zero-order valence-electron chi connectivity index (χ0n) is 11.2. The van der Waals surface area contributed by atoms with Gasteiger partial charge in [-0.1, -0.05) is 19.1 Å². The highest BCUT2D eigenvalue weighted by Gasteiger charge is 2.08. The molecule has 0 aliphatic carbocycles. The number of benzene rings is 1. The quantitative estimate of drug-likeness (QED) is 0.732. The summed E-state index contributed by atoms with van der Waals surface area (Å²) < 4.78 is 5.63. The molecule has 0 spiro atoms. The average molecular weight is 244 g/mol. The highest BCUT2D eigenvalue weighted by atomic mass is 16.5. The third kappa shape index (κ3) is 3.29. The molecule has 0 bridgehead atoms. The van der Waals surface area contributed by atoms with Crippen LogP contribution in [0.2, 0.25) is 0 Å². The zero-order valence-corrected chi connectivity index (χ0v) is 11.2. The highest BCUT2D eigenvalue weighted by Crippen LogP contribution is 2.24. The maximum Gasteiger partial charge on any atom is 0.128 e. The molecule has 0 heterocycles. The fourth-order valence-electron chi connectivity index (χ4n) is 1.67. The Morgan fingerprint density at radius 3 is 2.61 bits per heavy atom. The first-order chi connectivity index (χ1) is 8.63. The van der Waals surface area contributed by atoms with Crippen LogP contribution in [0.4, 0.5) is 0 Å². The van der Waals surface area contributed by atoms with E-state index in [9.17, 15) is 0 Å². The zero-order chi connectivity index (χ0) is 13.5. The first-order valence-corrected chi connectivity index (χ1v) is 6.13. The molecule has 2 N–H and O–H groups in total. The summed E-state index contributed by atoms with van der Waals surface area (Å²) in [6.45, 7) is 6.36. The van der Waals surface area contributed by atoms with Crippen molar-refractivity contribution in [3.63, 3.8) is 0 Å². The molecule has 3 nitrogen and oxygen atoms in total. The fraction of sp³-hybridized carbons (Fsp3) is 0.333. The summed E-state index contributed by atoms with van der Waals surface area (Å²) in [5.74, 6) is 0.744. The Bertz CT molecular complexity index is 475. The van der Waals surface area contributed by atoms with Crippen molar-refractivity contribution in [3.8, 4) is 5.75 Å². The summed E-state index contributed by atoms with van der Waals surface area (Å²) in [7, 11) is 0. The Labute approximate surface area is 109 Å². The number of hydrogen-bond acceptors (Lipinski definition) is 3. The molecular weight excluding hydrogens is 224 g/mol. The molecule has 1 aromatic rings. The average Bonchev–Trinajstić information content (AvgIpc) is 2.38. The van der Waals surface area contributed by atoms with E-state index < -0.39 is 0 Å². The number of ether oxygens (including phenoxy) is 1. The van der Waals surface area contributed by atoms with E-state index in [1.54, 1.807) is 6.92 Å². The number of allylic oxidation sites excluding steroid dienone is 2. The van der Waals surface area contributed by atoms with Crippen LogP contribution in [0.1, 0.15) is 38.3 Å². The summed E-state index contributed by atoms with van der Waals surface area (Å²) in [4.78, 5) is 0. The van der Waals surface area contributed by atoms with E-state index in [1.165, 1.54) is 6.21 Å². The molecule has 0 unspecified atom stereocenters. The van der Waals surface area contributed by atoms with Gasteiger partial charge in [0.1, 0.15) is 5.75 Å². The van der Waals surface area contributed by atoms with Crippen LogP contribution in [-0.4, -0.2) is 18.5 Å². The second-order valence-electron chi connectivity index (χ2n) is 4.07. The molecule has 96 valence electrons. The molecule has 0 saturated heterocycles. The minimum Gasteiger partial charge on any atom is -0.493 e. The van der Waals surface area contributed by atoms with Crippen molar-refractivity contribution in [1.82, 2.24) is 0 Å². The van der Waals surface area contributed by atoms with Gasteiger partial charge >= 0.3 is 0 Å². The molecule has 18 heavy (non-hydrogen) atoms. The van der Waals surface area contributed by atoms with Crippen LogP contribution in [0.25, 0.3) is 5.57 Å². The van der Waals surface area contributed by atoms with Gasteiger partial charge in [-0.3, -0.25) is 0 Å². The van der Waals surface area contributed by atoms with Crippen molar-refractivity contribution in [3.05, 3.63) is 35.4 Å². The smallest absolute Gasteiger partial charge is 0.128 e. The van der Waals surface area contributed by atoms with Crippen LogP contribution in [0.3, 0.4) is 0 Å². The van der Waals surface area contributed by atoms with Crippen LogP contribution in [0.5, 0.6) is 5.75 Å². The number of hydrogen-bond donors (Lipinski definition) is 2. The van der Waals surface area contributed by atoms with Crippen molar-refractivity contribution in [1.29, 1.82) is 10.8 Å². The first-order valence-electron chi connectivity index (χ1n) is 6.13.